The minimum atomic E-state index is -0.897. The van der Waals surface area contributed by atoms with Gasteiger partial charge in [0.1, 0.15) is 6.04 Å². The van der Waals surface area contributed by atoms with E-state index in [-0.39, 0.29) is 10.7 Å². The lowest BCUT2D eigenvalue weighted by Gasteiger charge is -2.27. The fourth-order valence-corrected chi connectivity index (χ4v) is 2.13. The zero-order valence-corrected chi connectivity index (χ0v) is 13.9. The van der Waals surface area contributed by atoms with E-state index in [4.69, 9.17) is 5.73 Å². The summed E-state index contributed by atoms with van der Waals surface area (Å²) in [5.41, 5.74) is 5.39. The van der Waals surface area contributed by atoms with Gasteiger partial charge >= 0.3 is 5.97 Å². The Hall–Kier alpha value is -0.470. The van der Waals surface area contributed by atoms with Gasteiger partial charge < -0.3 is 10.5 Å². The molecule has 0 spiro atoms. The summed E-state index contributed by atoms with van der Waals surface area (Å²) in [6, 6.07) is -0.897. The van der Waals surface area contributed by atoms with Crippen molar-refractivity contribution in [3.05, 3.63) is 0 Å². The molecule has 19 heavy (non-hydrogen) atoms. The first-order valence-corrected chi connectivity index (χ1v) is 8.02. The van der Waals surface area contributed by atoms with Crippen LogP contribution in [0.5, 0.6) is 0 Å². The zero-order valence-electron chi connectivity index (χ0n) is 10.7. The van der Waals surface area contributed by atoms with Crippen LogP contribution in [-0.4, -0.2) is 53.0 Å². The van der Waals surface area contributed by atoms with Crippen molar-refractivity contribution in [1.82, 2.24) is 4.90 Å². The summed E-state index contributed by atoms with van der Waals surface area (Å²) >= 11 is 6.01. The first kappa shape index (κ1) is 18.5. The van der Waals surface area contributed by atoms with Crippen LogP contribution < -0.4 is 5.73 Å². The predicted octanol–water partition coefficient (Wildman–Crippen LogP) is 0.802. The van der Waals surface area contributed by atoms with Gasteiger partial charge in [-0.15, -0.1) is 0 Å². The highest BCUT2D eigenvalue weighted by Crippen LogP contribution is 2.13. The van der Waals surface area contributed by atoms with Crippen molar-refractivity contribution in [2.45, 2.75) is 25.3 Å². The molecule has 1 atom stereocenters. The minimum Gasteiger partial charge on any atom is -0.467 e. The van der Waals surface area contributed by atoms with E-state index < -0.39 is 23.8 Å². The highest BCUT2D eigenvalue weighted by molar-refractivity contribution is 9.09. The molecule has 8 heteroatoms. The lowest BCUT2D eigenvalue weighted by Crippen LogP contribution is -2.50. The van der Waals surface area contributed by atoms with E-state index in [1.807, 2.05) is 0 Å². The number of nitrogens with two attached hydrogens (primary N) is 1. The predicted molar refractivity (Wildman–Crippen MR) is 78.2 cm³/mol. The maximum atomic E-state index is 11.8. The molecule has 2 amide bonds. The van der Waals surface area contributed by atoms with Crippen LogP contribution in [0.4, 0.5) is 0 Å². The van der Waals surface area contributed by atoms with Gasteiger partial charge in [-0.1, -0.05) is 31.9 Å². The number of methoxy groups -OCH3 is 1. The Balaban J connectivity index is 5.06. The van der Waals surface area contributed by atoms with Gasteiger partial charge in [-0.25, -0.2) is 4.79 Å². The van der Waals surface area contributed by atoms with E-state index in [1.54, 1.807) is 0 Å². The number of ether oxygens (including phenoxy) is 1. The number of esters is 1. The Bertz CT molecular complexity index is 310. The number of hydrogen-bond acceptors (Lipinski definition) is 5. The average Bonchev–Trinajstić information content (AvgIpc) is 2.44. The molecule has 0 saturated carbocycles. The first-order valence-electron chi connectivity index (χ1n) is 5.78. The molecule has 1 unspecified atom stereocenters. The van der Waals surface area contributed by atoms with Crippen molar-refractivity contribution < 1.29 is 19.1 Å². The van der Waals surface area contributed by atoms with Crippen molar-refractivity contribution >= 4 is 49.6 Å². The molecule has 0 aliphatic carbocycles. The van der Waals surface area contributed by atoms with Crippen LogP contribution in [0.15, 0.2) is 0 Å². The normalized spacial score (nSPS) is 11.8. The van der Waals surface area contributed by atoms with Gasteiger partial charge in [0.2, 0.25) is 11.8 Å². The van der Waals surface area contributed by atoms with Crippen molar-refractivity contribution in [1.29, 1.82) is 0 Å². The molecule has 0 aliphatic rings. The van der Waals surface area contributed by atoms with Crippen LogP contribution in [0.3, 0.4) is 0 Å². The minimum absolute atomic E-state index is 0.0316. The summed E-state index contributed by atoms with van der Waals surface area (Å²) < 4.78 is 4.67. The van der Waals surface area contributed by atoms with Crippen LogP contribution in [0.2, 0.25) is 0 Å². The fraction of sp³-hybridized carbons (Fsp3) is 0.727. The number of rotatable bonds is 8. The van der Waals surface area contributed by atoms with Gasteiger partial charge in [-0.2, -0.15) is 0 Å². The summed E-state index contributed by atoms with van der Waals surface area (Å²) in [5, 5.41) is -0.0632. The second-order valence-corrected chi connectivity index (χ2v) is 4.87. The lowest BCUT2D eigenvalue weighted by molar-refractivity contribution is -0.158. The number of carbonyl (C=O) groups is 3. The van der Waals surface area contributed by atoms with E-state index in [0.717, 1.165) is 4.90 Å². The number of hydrogen-bond donors (Lipinski definition) is 1. The third kappa shape index (κ3) is 6.01. The zero-order chi connectivity index (χ0) is 14.8. The summed E-state index contributed by atoms with van der Waals surface area (Å²) in [7, 11) is 1.23. The molecule has 0 bridgehead atoms. The van der Waals surface area contributed by atoms with Gasteiger partial charge in [-0.05, 0) is 25.8 Å². The molecule has 0 heterocycles. The van der Waals surface area contributed by atoms with Gasteiger partial charge in [0.05, 0.1) is 17.8 Å². The molecule has 0 aromatic rings. The van der Waals surface area contributed by atoms with Gasteiger partial charge in [0.15, 0.2) is 0 Å². The van der Waals surface area contributed by atoms with Gasteiger partial charge in [0.25, 0.3) is 0 Å². The van der Waals surface area contributed by atoms with Gasteiger partial charge in [0, 0.05) is 0 Å². The van der Waals surface area contributed by atoms with E-state index >= 15 is 0 Å². The summed E-state index contributed by atoms with van der Waals surface area (Å²) in [4.78, 5) is 36.3. The Morgan fingerprint density at radius 2 is 1.68 bits per heavy atom. The number of unbranched alkanes of at least 4 members (excludes halogenated alkanes) is 1. The molecule has 2 N–H and O–H groups in total. The van der Waals surface area contributed by atoms with E-state index in [0.29, 0.717) is 25.8 Å². The van der Waals surface area contributed by atoms with Crippen LogP contribution in [0.25, 0.3) is 0 Å². The molecule has 0 radical (unpaired) electrons. The maximum Gasteiger partial charge on any atom is 0.329 e. The third-order valence-electron chi connectivity index (χ3n) is 2.48. The van der Waals surface area contributed by atoms with Crippen molar-refractivity contribution in [2.75, 3.05) is 24.3 Å². The highest BCUT2D eigenvalue weighted by atomic mass is 79.9. The van der Waals surface area contributed by atoms with Crippen LogP contribution in [0.1, 0.15) is 19.3 Å². The molecule has 0 rings (SSSR count). The van der Waals surface area contributed by atoms with E-state index in [2.05, 4.69) is 36.6 Å². The molecular weight excluding hydrogens is 384 g/mol. The fourth-order valence-electron chi connectivity index (χ4n) is 1.59. The molecule has 6 nitrogen and oxygen atoms in total. The number of alkyl halides is 2. The number of nitrogens with zero attached hydrogens (tertiary/aromatic N) is 1. The molecule has 110 valence electrons. The van der Waals surface area contributed by atoms with Gasteiger partial charge in [-0.3, -0.25) is 14.5 Å². The molecule has 0 saturated heterocycles. The largest absolute Gasteiger partial charge is 0.467 e. The Morgan fingerprint density at radius 1 is 1.16 bits per heavy atom. The Morgan fingerprint density at radius 3 is 2.05 bits per heavy atom. The maximum absolute atomic E-state index is 11.8. The summed E-state index contributed by atoms with van der Waals surface area (Å²) in [6.45, 7) is 0.493. The number of carbonyl (C=O) groups excluding carboxylic acids is 3. The van der Waals surface area contributed by atoms with Crippen LogP contribution in [0, 0.1) is 0 Å². The molecular formula is C11H18Br2N2O4. The smallest absolute Gasteiger partial charge is 0.329 e. The molecule has 0 aliphatic heterocycles. The summed E-state index contributed by atoms with van der Waals surface area (Å²) in [5.74, 6) is -1.53. The standard InChI is InChI=1S/C11H18Br2N2O4/c1-19-11(18)8(4-2-3-5-14)15(9(16)6-12)10(17)7-13/h8H,2-7,14H2,1H3. The average molecular weight is 402 g/mol. The summed E-state index contributed by atoms with van der Waals surface area (Å²) in [6.07, 6.45) is 1.70. The van der Waals surface area contributed by atoms with Crippen LogP contribution >= 0.6 is 31.9 Å². The molecule has 0 aromatic heterocycles. The second-order valence-electron chi connectivity index (χ2n) is 3.75. The third-order valence-corrected chi connectivity index (χ3v) is 3.44. The van der Waals surface area contributed by atoms with Crippen LogP contribution in [-0.2, 0) is 19.1 Å². The van der Waals surface area contributed by atoms with Crippen molar-refractivity contribution in [3.63, 3.8) is 0 Å². The Labute approximate surface area is 129 Å². The second kappa shape index (κ2) is 10.3. The highest BCUT2D eigenvalue weighted by Gasteiger charge is 2.33. The number of amides is 2. The van der Waals surface area contributed by atoms with Crippen molar-refractivity contribution in [3.8, 4) is 0 Å². The first-order chi connectivity index (χ1) is 9.03. The van der Waals surface area contributed by atoms with Crippen molar-refractivity contribution in [2.24, 2.45) is 5.73 Å². The number of halogens is 2. The van der Waals surface area contributed by atoms with E-state index in [1.165, 1.54) is 7.11 Å². The lowest BCUT2D eigenvalue weighted by atomic mass is 10.1. The topological polar surface area (TPSA) is 89.7 Å². The SMILES string of the molecule is COC(=O)C(CCCCN)N(C(=O)CBr)C(=O)CBr. The monoisotopic (exact) mass is 400 g/mol. The quantitative estimate of drug-likeness (QED) is 0.369. The number of imide groups is 1. The molecule has 0 aromatic carbocycles. The Kier molecular flexibility index (Phi) is 10.1. The van der Waals surface area contributed by atoms with E-state index in [9.17, 15) is 14.4 Å². The molecule has 0 fully saturated rings.